The van der Waals surface area contributed by atoms with Crippen molar-refractivity contribution in [2.24, 2.45) is 17.4 Å². The number of thiophene rings is 1. The summed E-state index contributed by atoms with van der Waals surface area (Å²) >= 11 is 7.70. The summed E-state index contributed by atoms with van der Waals surface area (Å²) in [4.78, 5) is 36.4. The number of nitrogens with one attached hydrogen (secondary N) is 2. The molecule has 184 valence electrons. The Hall–Kier alpha value is -2.62. The Bertz CT molecular complexity index is 1050. The molecule has 0 saturated heterocycles. The third-order valence-electron chi connectivity index (χ3n) is 5.66. The van der Waals surface area contributed by atoms with E-state index in [0.29, 0.717) is 34.3 Å². The highest BCUT2D eigenvalue weighted by atomic mass is 35.5. The van der Waals surface area contributed by atoms with Crippen molar-refractivity contribution < 1.29 is 19.1 Å². The van der Waals surface area contributed by atoms with Gasteiger partial charge in [0, 0.05) is 22.0 Å². The molecule has 1 atom stereocenters. The second-order valence-electron chi connectivity index (χ2n) is 8.93. The maximum atomic E-state index is 12.7. The van der Waals surface area contributed by atoms with Crippen LogP contribution in [0.5, 0.6) is 0 Å². The number of halogens is 1. The average molecular weight is 507 g/mol. The number of hydrogen-bond donors (Lipinski definition) is 4. The number of carbonyl (C=O) groups excluding carboxylic acids is 3. The van der Waals surface area contributed by atoms with E-state index in [4.69, 9.17) is 27.8 Å². The average Bonchev–Trinajstić information content (AvgIpc) is 3.40. The Morgan fingerprint density at radius 1 is 1.18 bits per heavy atom. The number of amides is 3. The van der Waals surface area contributed by atoms with E-state index in [1.54, 1.807) is 6.07 Å². The van der Waals surface area contributed by atoms with Gasteiger partial charge in [0.15, 0.2) is 0 Å². The molecule has 3 rings (SSSR count). The first-order valence-electron chi connectivity index (χ1n) is 11.4. The minimum atomic E-state index is -0.786. The SMILES string of the molecule is CC(C)C[C@H](NCc1ccc(-c2cc(C(N)=O)c(NC(N)=O)s2)c(Cl)c1)C(=O)OC1CCCC1. The minimum absolute atomic E-state index is 0.0303. The van der Waals surface area contributed by atoms with Gasteiger partial charge in [0.25, 0.3) is 5.91 Å². The number of anilines is 1. The smallest absolute Gasteiger partial charge is 0.323 e. The van der Waals surface area contributed by atoms with E-state index in [1.807, 2.05) is 18.2 Å². The number of ether oxygens (including phenoxy) is 1. The van der Waals surface area contributed by atoms with Crippen LogP contribution in [0.15, 0.2) is 24.3 Å². The fourth-order valence-electron chi connectivity index (χ4n) is 4.01. The summed E-state index contributed by atoms with van der Waals surface area (Å²) in [5.41, 5.74) is 12.4. The van der Waals surface area contributed by atoms with Gasteiger partial charge in [-0.1, -0.05) is 37.6 Å². The molecule has 1 aromatic heterocycles. The second-order valence-corrected chi connectivity index (χ2v) is 10.4. The normalized spacial score (nSPS) is 14.8. The number of esters is 1. The lowest BCUT2D eigenvalue weighted by molar-refractivity contribution is -0.151. The molecule has 10 heteroatoms. The van der Waals surface area contributed by atoms with Crippen LogP contribution >= 0.6 is 22.9 Å². The lowest BCUT2D eigenvalue weighted by Crippen LogP contribution is -2.40. The molecule has 8 nitrogen and oxygen atoms in total. The van der Waals surface area contributed by atoms with Gasteiger partial charge in [-0.15, -0.1) is 11.3 Å². The van der Waals surface area contributed by atoms with Crippen molar-refractivity contribution in [2.75, 3.05) is 5.32 Å². The molecule has 6 N–H and O–H groups in total. The Labute approximate surface area is 208 Å². The van der Waals surface area contributed by atoms with Gasteiger partial charge in [0.1, 0.15) is 17.1 Å². The quantitative estimate of drug-likeness (QED) is 0.348. The molecule has 1 aliphatic rings. The van der Waals surface area contributed by atoms with Gasteiger partial charge in [0.05, 0.1) is 5.56 Å². The molecule has 0 radical (unpaired) electrons. The highest BCUT2D eigenvalue weighted by Crippen LogP contribution is 2.39. The van der Waals surface area contributed by atoms with Crippen LogP contribution in [0.3, 0.4) is 0 Å². The molecule has 1 saturated carbocycles. The summed E-state index contributed by atoms with van der Waals surface area (Å²) in [6.07, 6.45) is 4.80. The Kier molecular flexibility index (Phi) is 8.93. The number of rotatable bonds is 10. The van der Waals surface area contributed by atoms with Gasteiger partial charge in [-0.2, -0.15) is 0 Å². The molecule has 0 spiro atoms. The highest BCUT2D eigenvalue weighted by Gasteiger charge is 2.26. The zero-order chi connectivity index (χ0) is 24.8. The number of hydrogen-bond acceptors (Lipinski definition) is 6. The van der Waals surface area contributed by atoms with E-state index in [1.165, 1.54) is 0 Å². The summed E-state index contributed by atoms with van der Waals surface area (Å²) in [7, 11) is 0. The van der Waals surface area contributed by atoms with Crippen molar-refractivity contribution in [1.29, 1.82) is 0 Å². The molecule has 1 heterocycles. The first-order valence-corrected chi connectivity index (χ1v) is 12.6. The molecular weight excluding hydrogens is 476 g/mol. The minimum Gasteiger partial charge on any atom is -0.461 e. The van der Waals surface area contributed by atoms with Crippen molar-refractivity contribution in [1.82, 2.24) is 5.32 Å². The zero-order valence-corrected chi connectivity index (χ0v) is 20.9. The van der Waals surface area contributed by atoms with Crippen molar-refractivity contribution in [2.45, 2.75) is 64.6 Å². The third kappa shape index (κ3) is 6.94. The summed E-state index contributed by atoms with van der Waals surface area (Å²) < 4.78 is 5.72. The predicted molar refractivity (Wildman–Crippen MR) is 135 cm³/mol. The van der Waals surface area contributed by atoms with E-state index in [0.717, 1.165) is 42.6 Å². The Balaban J connectivity index is 1.72. The maximum Gasteiger partial charge on any atom is 0.323 e. The standard InChI is InChI=1S/C24H31ClN4O4S/c1-13(2)9-19(23(31)33-15-5-3-4-6-15)28-12-14-7-8-16(18(25)10-14)20-11-17(21(26)30)22(34-20)29-24(27)32/h7-8,10-11,13,15,19,28H,3-6,9,12H2,1-2H3,(H2,26,30)(H3,27,29,32)/t19-/m0/s1. The van der Waals surface area contributed by atoms with E-state index in [9.17, 15) is 14.4 Å². The topological polar surface area (TPSA) is 137 Å². The van der Waals surface area contributed by atoms with E-state index < -0.39 is 18.0 Å². The van der Waals surface area contributed by atoms with Crippen LogP contribution in [0.2, 0.25) is 5.02 Å². The number of primary amides is 2. The molecule has 0 unspecified atom stereocenters. The first kappa shape index (κ1) is 26.0. The lowest BCUT2D eigenvalue weighted by Gasteiger charge is -2.22. The largest absolute Gasteiger partial charge is 0.461 e. The van der Waals surface area contributed by atoms with Crippen LogP contribution < -0.4 is 22.1 Å². The second kappa shape index (κ2) is 11.7. The summed E-state index contributed by atoms with van der Waals surface area (Å²) in [6, 6.07) is 5.94. The highest BCUT2D eigenvalue weighted by molar-refractivity contribution is 7.20. The van der Waals surface area contributed by atoms with Crippen LogP contribution in [0, 0.1) is 5.92 Å². The van der Waals surface area contributed by atoms with Crippen LogP contribution in [0.1, 0.15) is 61.9 Å². The number of benzene rings is 1. The van der Waals surface area contributed by atoms with Crippen LogP contribution in [-0.2, 0) is 16.1 Å². The van der Waals surface area contributed by atoms with Crippen molar-refractivity contribution in [3.05, 3.63) is 40.4 Å². The molecule has 0 bridgehead atoms. The lowest BCUT2D eigenvalue weighted by atomic mass is 10.0. The third-order valence-corrected chi connectivity index (χ3v) is 7.06. The van der Waals surface area contributed by atoms with Gasteiger partial charge in [0.2, 0.25) is 0 Å². The van der Waals surface area contributed by atoms with E-state index >= 15 is 0 Å². The van der Waals surface area contributed by atoms with Gasteiger partial charge in [-0.05, 0) is 55.7 Å². The van der Waals surface area contributed by atoms with Gasteiger partial charge in [-0.25, -0.2) is 4.79 Å². The number of urea groups is 1. The molecular formula is C24H31ClN4O4S. The molecule has 34 heavy (non-hydrogen) atoms. The molecule has 1 aromatic carbocycles. The van der Waals surface area contributed by atoms with Crippen molar-refractivity contribution >= 4 is 45.8 Å². The van der Waals surface area contributed by atoms with Crippen LogP contribution in [0.4, 0.5) is 9.80 Å². The molecule has 1 aliphatic carbocycles. The number of carbonyl (C=O) groups is 3. The van der Waals surface area contributed by atoms with Gasteiger partial charge >= 0.3 is 12.0 Å². The maximum absolute atomic E-state index is 12.7. The molecule has 0 aliphatic heterocycles. The van der Waals surface area contributed by atoms with Crippen LogP contribution in [-0.4, -0.2) is 30.1 Å². The summed E-state index contributed by atoms with van der Waals surface area (Å²) in [5.74, 6) is -0.541. The van der Waals surface area contributed by atoms with Gasteiger partial charge < -0.3 is 21.5 Å². The predicted octanol–water partition coefficient (Wildman–Crippen LogP) is 4.65. The fraction of sp³-hybridized carbons (Fsp3) is 0.458. The first-order chi connectivity index (χ1) is 16.1. The van der Waals surface area contributed by atoms with Crippen molar-refractivity contribution in [3.8, 4) is 10.4 Å². The van der Waals surface area contributed by atoms with E-state index in [-0.39, 0.29) is 22.6 Å². The summed E-state index contributed by atoms with van der Waals surface area (Å²) in [5, 5.41) is 6.48. The van der Waals surface area contributed by atoms with Crippen molar-refractivity contribution in [3.63, 3.8) is 0 Å². The Morgan fingerprint density at radius 2 is 1.88 bits per heavy atom. The molecule has 2 aromatic rings. The van der Waals surface area contributed by atoms with E-state index in [2.05, 4.69) is 24.5 Å². The van der Waals surface area contributed by atoms with Gasteiger partial charge in [-0.3, -0.25) is 14.9 Å². The summed E-state index contributed by atoms with van der Waals surface area (Å²) in [6.45, 7) is 4.60. The monoisotopic (exact) mass is 506 g/mol. The fourth-order valence-corrected chi connectivity index (χ4v) is 5.47. The molecule has 3 amide bonds. The van der Waals surface area contributed by atoms with Crippen LogP contribution in [0.25, 0.3) is 10.4 Å². The Morgan fingerprint density at radius 3 is 2.47 bits per heavy atom. The number of nitrogens with two attached hydrogens (primary N) is 2. The zero-order valence-electron chi connectivity index (χ0n) is 19.4. The molecule has 1 fully saturated rings.